The highest BCUT2D eigenvalue weighted by atomic mass is 19.3. The van der Waals surface area contributed by atoms with Crippen LogP contribution in [0.1, 0.15) is 16.9 Å². The Morgan fingerprint density at radius 1 is 1.38 bits per heavy atom. The standard InChI is InChI=1S/C19H18F3N5O2/c20-13-5-4-11(7-12(13)19(18(21)22)10-29-9-15(23)26-19)24-17(28)14-8-27-6-2-1-3-16(27)25-14/h1-6,8,12,18H,7,9-10H2,(H2,23,26)(H,24,28)/t12?,19-/m0/s1. The van der Waals surface area contributed by atoms with E-state index in [0.29, 0.717) is 5.65 Å². The number of aromatic nitrogens is 2. The monoisotopic (exact) mass is 405 g/mol. The van der Waals surface area contributed by atoms with Crippen LogP contribution in [-0.4, -0.2) is 46.3 Å². The summed E-state index contributed by atoms with van der Waals surface area (Å²) in [5, 5.41) is 2.62. The Bertz CT molecular complexity index is 1010. The molecule has 4 rings (SSSR count). The van der Waals surface area contributed by atoms with Gasteiger partial charge in [-0.2, -0.15) is 0 Å². The van der Waals surface area contributed by atoms with Gasteiger partial charge in [0, 0.05) is 24.0 Å². The second-order valence-corrected chi connectivity index (χ2v) is 6.93. The number of fused-ring (bicyclic) bond motifs is 1. The van der Waals surface area contributed by atoms with E-state index in [1.807, 2.05) is 0 Å². The van der Waals surface area contributed by atoms with Gasteiger partial charge in [0.05, 0.1) is 6.61 Å². The third kappa shape index (κ3) is 3.51. The first-order chi connectivity index (χ1) is 13.9. The molecule has 0 fully saturated rings. The summed E-state index contributed by atoms with van der Waals surface area (Å²) in [6.07, 6.45) is 2.49. The minimum Gasteiger partial charge on any atom is -0.386 e. The number of imidazole rings is 1. The Hall–Kier alpha value is -3.14. The number of halogens is 3. The minimum atomic E-state index is -3.00. The molecule has 7 nitrogen and oxygen atoms in total. The average Bonchev–Trinajstić information content (AvgIpc) is 3.13. The Morgan fingerprint density at radius 3 is 2.93 bits per heavy atom. The lowest BCUT2D eigenvalue weighted by Gasteiger charge is -2.39. The van der Waals surface area contributed by atoms with E-state index in [9.17, 15) is 18.0 Å². The van der Waals surface area contributed by atoms with Gasteiger partial charge in [-0.1, -0.05) is 6.07 Å². The fourth-order valence-corrected chi connectivity index (χ4v) is 3.54. The van der Waals surface area contributed by atoms with Gasteiger partial charge >= 0.3 is 0 Å². The lowest BCUT2D eigenvalue weighted by atomic mass is 9.78. The Morgan fingerprint density at radius 2 is 2.21 bits per heavy atom. The van der Waals surface area contributed by atoms with Crippen LogP contribution in [0.5, 0.6) is 0 Å². The van der Waals surface area contributed by atoms with Crippen LogP contribution < -0.4 is 11.1 Å². The van der Waals surface area contributed by atoms with Crippen molar-refractivity contribution in [1.29, 1.82) is 0 Å². The molecule has 0 bridgehead atoms. The van der Waals surface area contributed by atoms with Crippen LogP contribution in [0.15, 0.2) is 59.3 Å². The van der Waals surface area contributed by atoms with E-state index in [4.69, 9.17) is 10.5 Å². The number of amides is 1. The second-order valence-electron chi connectivity index (χ2n) is 6.93. The smallest absolute Gasteiger partial charge is 0.275 e. The van der Waals surface area contributed by atoms with Crippen molar-refractivity contribution in [3.8, 4) is 0 Å². The van der Waals surface area contributed by atoms with Crippen molar-refractivity contribution < 1.29 is 22.7 Å². The molecular formula is C19H18F3N5O2. The van der Waals surface area contributed by atoms with Crippen molar-refractivity contribution in [2.75, 3.05) is 13.2 Å². The molecule has 2 aromatic heterocycles. The van der Waals surface area contributed by atoms with Crippen LogP contribution in [0.3, 0.4) is 0 Å². The molecule has 0 saturated carbocycles. The highest BCUT2D eigenvalue weighted by Crippen LogP contribution is 2.42. The topological polar surface area (TPSA) is 94.0 Å². The number of amidine groups is 1. The fourth-order valence-electron chi connectivity index (χ4n) is 3.54. The summed E-state index contributed by atoms with van der Waals surface area (Å²) < 4.78 is 49.2. The first-order valence-electron chi connectivity index (χ1n) is 8.90. The number of nitrogens with zero attached hydrogens (tertiary/aromatic N) is 3. The van der Waals surface area contributed by atoms with Gasteiger partial charge in [-0.15, -0.1) is 0 Å². The largest absolute Gasteiger partial charge is 0.386 e. The third-order valence-corrected chi connectivity index (χ3v) is 4.99. The lowest BCUT2D eigenvalue weighted by molar-refractivity contribution is -0.0376. The molecule has 3 N–H and O–H groups in total. The van der Waals surface area contributed by atoms with Crippen molar-refractivity contribution in [1.82, 2.24) is 14.7 Å². The number of nitrogens with two attached hydrogens (primary N) is 1. The molecule has 2 atom stereocenters. The normalized spacial score (nSPS) is 24.8. The van der Waals surface area contributed by atoms with Gasteiger partial charge in [-0.05, 0) is 30.7 Å². The van der Waals surface area contributed by atoms with E-state index < -0.39 is 36.2 Å². The van der Waals surface area contributed by atoms with Gasteiger partial charge in [-0.3, -0.25) is 9.79 Å². The summed E-state index contributed by atoms with van der Waals surface area (Å²) >= 11 is 0. The number of alkyl halides is 2. The molecule has 29 heavy (non-hydrogen) atoms. The number of nitrogens with one attached hydrogen (secondary N) is 1. The number of pyridine rings is 1. The summed E-state index contributed by atoms with van der Waals surface area (Å²) in [6, 6.07) is 5.32. The molecular weight excluding hydrogens is 387 g/mol. The van der Waals surface area contributed by atoms with Crippen LogP contribution in [-0.2, 0) is 4.74 Å². The van der Waals surface area contributed by atoms with Crippen LogP contribution >= 0.6 is 0 Å². The van der Waals surface area contributed by atoms with E-state index >= 15 is 0 Å². The fraction of sp³-hybridized carbons (Fsp3) is 0.316. The summed E-state index contributed by atoms with van der Waals surface area (Å²) in [6.45, 7) is -0.551. The molecule has 0 radical (unpaired) electrons. The number of hydrogen-bond acceptors (Lipinski definition) is 5. The van der Waals surface area contributed by atoms with Crippen LogP contribution in [0.4, 0.5) is 13.2 Å². The molecule has 1 aliphatic heterocycles. The summed E-state index contributed by atoms with van der Waals surface area (Å²) in [5.74, 6) is -2.72. The molecule has 1 aliphatic carbocycles. The number of rotatable bonds is 4. The summed E-state index contributed by atoms with van der Waals surface area (Å²) in [7, 11) is 0. The first-order valence-corrected chi connectivity index (χ1v) is 8.90. The summed E-state index contributed by atoms with van der Waals surface area (Å²) in [4.78, 5) is 20.6. The highest BCUT2D eigenvalue weighted by Gasteiger charge is 2.51. The van der Waals surface area contributed by atoms with E-state index in [2.05, 4.69) is 15.3 Å². The molecule has 3 heterocycles. The number of hydrogen-bond donors (Lipinski definition) is 2. The maximum atomic E-state index is 14.5. The molecule has 0 saturated heterocycles. The van der Waals surface area contributed by atoms with E-state index in [1.54, 1.807) is 35.0 Å². The number of carbonyl (C=O) groups excluding carboxylic acids is 1. The molecule has 2 aliphatic rings. The SMILES string of the molecule is NC1=N[C@](C(F)F)(C2CC(NC(=O)c3cn4ccccc4n3)=CC=C2F)COC1. The van der Waals surface area contributed by atoms with Crippen LogP contribution in [0.2, 0.25) is 0 Å². The molecule has 0 aromatic carbocycles. The number of ether oxygens (including phenoxy) is 1. The molecule has 1 amide bonds. The van der Waals surface area contributed by atoms with E-state index in [0.717, 1.165) is 6.08 Å². The van der Waals surface area contributed by atoms with Gasteiger partial charge in [0.15, 0.2) is 5.54 Å². The Kier molecular flexibility index (Phi) is 4.87. The average molecular weight is 405 g/mol. The van der Waals surface area contributed by atoms with Gasteiger partial charge in [0.1, 0.15) is 29.6 Å². The lowest BCUT2D eigenvalue weighted by Crippen LogP contribution is -2.53. The van der Waals surface area contributed by atoms with Crippen LogP contribution in [0, 0.1) is 5.92 Å². The van der Waals surface area contributed by atoms with Gasteiger partial charge in [-0.25, -0.2) is 18.2 Å². The molecule has 2 aromatic rings. The zero-order valence-corrected chi connectivity index (χ0v) is 15.2. The third-order valence-electron chi connectivity index (χ3n) is 4.99. The quantitative estimate of drug-likeness (QED) is 0.816. The maximum Gasteiger partial charge on any atom is 0.275 e. The predicted octanol–water partition coefficient (Wildman–Crippen LogP) is 2.21. The van der Waals surface area contributed by atoms with Crippen molar-refractivity contribution in [3.63, 3.8) is 0 Å². The van der Waals surface area contributed by atoms with E-state index in [1.165, 1.54) is 6.08 Å². The van der Waals surface area contributed by atoms with Gasteiger partial charge in [0.2, 0.25) is 0 Å². The summed E-state index contributed by atoms with van der Waals surface area (Å²) in [5.41, 5.74) is 4.45. The Labute approximate surface area is 163 Å². The zero-order valence-electron chi connectivity index (χ0n) is 15.2. The van der Waals surface area contributed by atoms with Gasteiger partial charge < -0.3 is 20.2 Å². The van der Waals surface area contributed by atoms with Crippen molar-refractivity contribution >= 4 is 17.4 Å². The van der Waals surface area contributed by atoms with Crippen molar-refractivity contribution in [3.05, 3.63) is 60.0 Å². The maximum absolute atomic E-state index is 14.5. The number of carbonyl (C=O) groups is 1. The second kappa shape index (κ2) is 7.36. The first kappa shape index (κ1) is 19.2. The molecule has 1 unspecified atom stereocenters. The number of allylic oxidation sites excluding steroid dienone is 3. The molecule has 10 heteroatoms. The predicted molar refractivity (Wildman–Crippen MR) is 99.2 cm³/mol. The van der Waals surface area contributed by atoms with Crippen molar-refractivity contribution in [2.24, 2.45) is 16.6 Å². The molecule has 152 valence electrons. The van der Waals surface area contributed by atoms with Crippen molar-refractivity contribution in [2.45, 2.75) is 18.4 Å². The Balaban J connectivity index is 1.57. The van der Waals surface area contributed by atoms with Gasteiger partial charge in [0.25, 0.3) is 12.3 Å². The minimum absolute atomic E-state index is 0.0835. The number of aliphatic imine (C=N–C) groups is 1. The highest BCUT2D eigenvalue weighted by molar-refractivity contribution is 5.94. The van der Waals surface area contributed by atoms with Crippen LogP contribution in [0.25, 0.3) is 5.65 Å². The molecule has 0 spiro atoms. The van der Waals surface area contributed by atoms with E-state index in [-0.39, 0.29) is 30.3 Å². The zero-order chi connectivity index (χ0) is 20.6.